The van der Waals surface area contributed by atoms with Crippen molar-refractivity contribution < 1.29 is 9.53 Å². The van der Waals surface area contributed by atoms with E-state index in [-0.39, 0.29) is 0 Å². The lowest BCUT2D eigenvalue weighted by atomic mass is 10.2. The average Bonchev–Trinajstić information content (AvgIpc) is 2.42. The van der Waals surface area contributed by atoms with E-state index < -0.39 is 0 Å². The van der Waals surface area contributed by atoms with Crippen LogP contribution in [0.1, 0.15) is 15.9 Å². The topological polar surface area (TPSA) is 50.1 Å². The molecule has 2 aromatic rings. The van der Waals surface area contributed by atoms with Crippen molar-refractivity contribution in [3.63, 3.8) is 0 Å². The second kappa shape index (κ2) is 5.48. The number of ether oxygens (including phenoxy) is 1. The maximum Gasteiger partial charge on any atom is 0.151 e. The molecule has 0 spiro atoms. The SMILES string of the molecule is N#Cc1ccc(Oc2ccc(Br)c(C=O)c2)cc1. The molecule has 0 aliphatic rings. The standard InChI is InChI=1S/C14H8BrNO2/c15-14-6-5-13(7-11(14)9-17)18-12-3-1-10(8-16)2-4-12/h1-7,9H. The minimum atomic E-state index is 0.529. The molecule has 0 saturated heterocycles. The third-order valence-electron chi connectivity index (χ3n) is 2.31. The minimum absolute atomic E-state index is 0.529. The highest BCUT2D eigenvalue weighted by atomic mass is 79.9. The van der Waals surface area contributed by atoms with Gasteiger partial charge in [-0.3, -0.25) is 4.79 Å². The Hall–Kier alpha value is -2.12. The quantitative estimate of drug-likeness (QED) is 0.807. The summed E-state index contributed by atoms with van der Waals surface area (Å²) in [6, 6.07) is 14.0. The lowest BCUT2D eigenvalue weighted by Crippen LogP contribution is -1.88. The third-order valence-corrected chi connectivity index (χ3v) is 3.04. The summed E-state index contributed by atoms with van der Waals surface area (Å²) < 4.78 is 6.31. The number of nitrogens with zero attached hydrogens (tertiary/aromatic N) is 1. The minimum Gasteiger partial charge on any atom is -0.457 e. The van der Waals surface area contributed by atoms with E-state index in [9.17, 15) is 4.79 Å². The van der Waals surface area contributed by atoms with Crippen molar-refractivity contribution in [2.45, 2.75) is 0 Å². The van der Waals surface area contributed by atoms with Crippen LogP contribution in [0.2, 0.25) is 0 Å². The first-order chi connectivity index (χ1) is 8.72. The fourth-order valence-electron chi connectivity index (χ4n) is 1.41. The lowest BCUT2D eigenvalue weighted by Gasteiger charge is -2.06. The van der Waals surface area contributed by atoms with Crippen LogP contribution < -0.4 is 4.74 Å². The van der Waals surface area contributed by atoms with Gasteiger partial charge in [0, 0.05) is 10.0 Å². The predicted octanol–water partition coefficient (Wildman–Crippen LogP) is 3.93. The molecule has 0 amide bonds. The Kier molecular flexibility index (Phi) is 3.75. The number of nitriles is 1. The van der Waals surface area contributed by atoms with Gasteiger partial charge >= 0.3 is 0 Å². The van der Waals surface area contributed by atoms with E-state index in [2.05, 4.69) is 15.9 Å². The number of rotatable bonds is 3. The van der Waals surface area contributed by atoms with Gasteiger partial charge in [-0.15, -0.1) is 0 Å². The Labute approximate surface area is 113 Å². The van der Waals surface area contributed by atoms with Crippen molar-refractivity contribution in [2.24, 2.45) is 0 Å². The van der Waals surface area contributed by atoms with Crippen molar-refractivity contribution >= 4 is 22.2 Å². The summed E-state index contributed by atoms with van der Waals surface area (Å²) in [5.41, 5.74) is 1.10. The van der Waals surface area contributed by atoms with Crippen molar-refractivity contribution in [1.29, 1.82) is 5.26 Å². The first kappa shape index (κ1) is 12.3. The van der Waals surface area contributed by atoms with Crippen LogP contribution in [-0.4, -0.2) is 6.29 Å². The number of carbonyl (C=O) groups excluding carboxylic acids is 1. The summed E-state index contributed by atoms with van der Waals surface area (Å²) in [6.45, 7) is 0. The largest absolute Gasteiger partial charge is 0.457 e. The molecule has 2 rings (SSSR count). The molecular weight excluding hydrogens is 294 g/mol. The molecule has 0 aliphatic heterocycles. The molecular formula is C14H8BrNO2. The van der Waals surface area contributed by atoms with Crippen LogP contribution in [0.3, 0.4) is 0 Å². The molecule has 2 aromatic carbocycles. The Morgan fingerprint density at radius 1 is 1.11 bits per heavy atom. The Balaban J connectivity index is 2.23. The molecule has 0 aliphatic carbocycles. The zero-order chi connectivity index (χ0) is 13.0. The van der Waals surface area contributed by atoms with E-state index in [1.165, 1.54) is 0 Å². The predicted molar refractivity (Wildman–Crippen MR) is 70.8 cm³/mol. The number of hydrogen-bond acceptors (Lipinski definition) is 3. The van der Waals surface area contributed by atoms with Crippen molar-refractivity contribution in [2.75, 3.05) is 0 Å². The van der Waals surface area contributed by atoms with Crippen molar-refractivity contribution in [3.05, 3.63) is 58.1 Å². The van der Waals surface area contributed by atoms with Gasteiger partial charge in [-0.2, -0.15) is 5.26 Å². The maximum atomic E-state index is 10.8. The fraction of sp³-hybridized carbons (Fsp3) is 0. The number of carbonyl (C=O) groups is 1. The van der Waals surface area contributed by atoms with E-state index >= 15 is 0 Å². The molecule has 0 atom stereocenters. The molecule has 0 radical (unpaired) electrons. The molecule has 0 heterocycles. The maximum absolute atomic E-state index is 10.8. The monoisotopic (exact) mass is 301 g/mol. The normalized spacial score (nSPS) is 9.56. The second-order valence-electron chi connectivity index (χ2n) is 3.54. The van der Waals surface area contributed by atoms with Crippen LogP contribution in [0, 0.1) is 11.3 Å². The third kappa shape index (κ3) is 2.76. The molecule has 3 nitrogen and oxygen atoms in total. The summed E-state index contributed by atoms with van der Waals surface area (Å²) in [6.07, 6.45) is 0.760. The van der Waals surface area contributed by atoms with Crippen LogP contribution >= 0.6 is 15.9 Å². The van der Waals surface area contributed by atoms with Crippen molar-refractivity contribution in [3.8, 4) is 17.6 Å². The average molecular weight is 302 g/mol. The molecule has 0 aromatic heterocycles. The van der Waals surface area contributed by atoms with Crippen LogP contribution in [0.15, 0.2) is 46.9 Å². The number of aldehydes is 1. The lowest BCUT2D eigenvalue weighted by molar-refractivity contribution is 0.112. The summed E-state index contributed by atoms with van der Waals surface area (Å²) in [5, 5.41) is 8.68. The van der Waals surface area contributed by atoms with Crippen LogP contribution in [0.4, 0.5) is 0 Å². The second-order valence-corrected chi connectivity index (χ2v) is 4.39. The molecule has 88 valence electrons. The summed E-state index contributed by atoms with van der Waals surface area (Å²) in [7, 11) is 0. The van der Waals surface area contributed by atoms with Gasteiger partial charge in [0.1, 0.15) is 11.5 Å². The van der Waals surface area contributed by atoms with Crippen LogP contribution in [-0.2, 0) is 0 Å². The highest BCUT2D eigenvalue weighted by Crippen LogP contribution is 2.25. The van der Waals surface area contributed by atoms with Gasteiger partial charge in [0.2, 0.25) is 0 Å². The highest BCUT2D eigenvalue weighted by Gasteiger charge is 2.02. The van der Waals surface area contributed by atoms with E-state index in [0.29, 0.717) is 22.6 Å². The van der Waals surface area contributed by atoms with E-state index in [0.717, 1.165) is 10.8 Å². The van der Waals surface area contributed by atoms with E-state index in [4.69, 9.17) is 10.00 Å². The molecule has 18 heavy (non-hydrogen) atoms. The zero-order valence-electron chi connectivity index (χ0n) is 9.26. The number of hydrogen-bond donors (Lipinski definition) is 0. The van der Waals surface area contributed by atoms with Gasteiger partial charge in [-0.05, 0) is 42.5 Å². The van der Waals surface area contributed by atoms with E-state index in [1.807, 2.05) is 6.07 Å². The van der Waals surface area contributed by atoms with Gasteiger partial charge < -0.3 is 4.74 Å². The molecule has 4 heteroatoms. The van der Waals surface area contributed by atoms with Gasteiger partial charge in [0.05, 0.1) is 11.6 Å². The first-order valence-electron chi connectivity index (χ1n) is 5.15. The van der Waals surface area contributed by atoms with Crippen molar-refractivity contribution in [1.82, 2.24) is 0 Å². The Morgan fingerprint density at radius 3 is 2.39 bits per heavy atom. The molecule has 0 unspecified atom stereocenters. The summed E-state index contributed by atoms with van der Waals surface area (Å²) >= 11 is 3.27. The Morgan fingerprint density at radius 2 is 1.78 bits per heavy atom. The van der Waals surface area contributed by atoms with Crippen LogP contribution in [0.25, 0.3) is 0 Å². The Bertz CT molecular complexity index is 615. The molecule has 0 saturated carbocycles. The summed E-state index contributed by atoms with van der Waals surface area (Å²) in [4.78, 5) is 10.8. The number of benzene rings is 2. The van der Waals surface area contributed by atoms with E-state index in [1.54, 1.807) is 42.5 Å². The first-order valence-corrected chi connectivity index (χ1v) is 5.95. The zero-order valence-corrected chi connectivity index (χ0v) is 10.8. The van der Waals surface area contributed by atoms with Gasteiger partial charge in [0.15, 0.2) is 6.29 Å². The molecule has 0 fully saturated rings. The molecule has 0 bridgehead atoms. The molecule has 0 N–H and O–H groups in total. The van der Waals surface area contributed by atoms with Gasteiger partial charge in [-0.25, -0.2) is 0 Å². The number of halogens is 1. The highest BCUT2D eigenvalue weighted by molar-refractivity contribution is 9.10. The van der Waals surface area contributed by atoms with Gasteiger partial charge in [-0.1, -0.05) is 15.9 Å². The van der Waals surface area contributed by atoms with Crippen LogP contribution in [0.5, 0.6) is 11.5 Å². The van der Waals surface area contributed by atoms with Gasteiger partial charge in [0.25, 0.3) is 0 Å². The smallest absolute Gasteiger partial charge is 0.151 e. The summed E-state index contributed by atoms with van der Waals surface area (Å²) in [5.74, 6) is 1.19. The fourth-order valence-corrected chi connectivity index (χ4v) is 1.75.